The number of hydrogen-bond donors (Lipinski definition) is 2. The topological polar surface area (TPSA) is 59.3 Å². The minimum Gasteiger partial charge on any atom is -0.411 e. The van der Waals surface area contributed by atoms with Gasteiger partial charge in [0.15, 0.2) is 0 Å². The Balaban J connectivity index is 1.62. The highest BCUT2D eigenvalue weighted by molar-refractivity contribution is 5.94. The maximum Gasteiger partial charge on any atom is 0.0775 e. The molecule has 1 aliphatic heterocycles. The predicted molar refractivity (Wildman–Crippen MR) is 68.9 cm³/mol. The molecule has 0 aromatic heterocycles. The van der Waals surface area contributed by atoms with Gasteiger partial charge in [0.25, 0.3) is 0 Å². The minimum atomic E-state index is 0.247. The molecule has 5 nitrogen and oxygen atoms in total. The molecule has 1 heterocycles. The molecule has 3 fully saturated rings. The molecule has 0 radical (unpaired) electrons. The highest BCUT2D eigenvalue weighted by Crippen LogP contribution is 2.45. The molecule has 2 bridgehead atoms. The summed E-state index contributed by atoms with van der Waals surface area (Å²) in [5.74, 6) is 1.26. The molecule has 5 heteroatoms. The van der Waals surface area contributed by atoms with E-state index >= 15 is 0 Å². The van der Waals surface area contributed by atoms with Gasteiger partial charge in [-0.1, -0.05) is 5.16 Å². The molecule has 0 unspecified atom stereocenters. The first-order chi connectivity index (χ1) is 8.83. The van der Waals surface area contributed by atoms with Crippen LogP contribution in [0.3, 0.4) is 0 Å². The SMILES string of the molecule is OCCN1CCN([C@@H]2/C(=N\O)[C@@H]3CC[C@H]2C3)CC1. The van der Waals surface area contributed by atoms with Crippen LogP contribution in [0.1, 0.15) is 19.3 Å². The lowest BCUT2D eigenvalue weighted by molar-refractivity contribution is 0.0863. The zero-order valence-electron chi connectivity index (χ0n) is 10.8. The third-order valence-corrected chi connectivity index (χ3v) is 4.97. The van der Waals surface area contributed by atoms with E-state index in [0.717, 1.165) is 38.4 Å². The Morgan fingerprint density at radius 2 is 1.94 bits per heavy atom. The standard InChI is InChI=1S/C13H23N3O2/c17-8-7-15-3-5-16(6-4-15)13-11-2-1-10(9-11)12(13)14-18/h10-11,13,17-18H,1-9H2/b14-12-/t10-,11+,13+/m1/s1. The maximum absolute atomic E-state index is 9.24. The van der Waals surface area contributed by atoms with Gasteiger partial charge in [-0.3, -0.25) is 9.80 Å². The number of β-amino-alcohol motifs (C(OH)–C–C–N with tert-alkyl or cyclic N) is 1. The van der Waals surface area contributed by atoms with Crippen LogP contribution >= 0.6 is 0 Å². The van der Waals surface area contributed by atoms with Gasteiger partial charge in [0, 0.05) is 38.6 Å². The molecule has 1 saturated heterocycles. The Bertz CT molecular complexity index is 326. The number of aliphatic hydroxyl groups is 1. The van der Waals surface area contributed by atoms with Crippen LogP contribution in [0.4, 0.5) is 0 Å². The van der Waals surface area contributed by atoms with E-state index in [9.17, 15) is 5.21 Å². The fourth-order valence-corrected chi connectivity index (χ4v) is 4.09. The van der Waals surface area contributed by atoms with Crippen LogP contribution in [0.2, 0.25) is 0 Å². The fraction of sp³-hybridized carbons (Fsp3) is 0.923. The first-order valence-corrected chi connectivity index (χ1v) is 7.12. The number of piperazine rings is 1. The smallest absolute Gasteiger partial charge is 0.0775 e. The Hall–Kier alpha value is -0.650. The van der Waals surface area contributed by atoms with Crippen molar-refractivity contribution in [3.8, 4) is 0 Å². The second-order valence-corrected chi connectivity index (χ2v) is 5.84. The number of hydrogen-bond acceptors (Lipinski definition) is 5. The number of nitrogens with zero attached hydrogens (tertiary/aromatic N) is 3. The summed E-state index contributed by atoms with van der Waals surface area (Å²) < 4.78 is 0. The molecule has 2 saturated carbocycles. The van der Waals surface area contributed by atoms with Gasteiger partial charge in [-0.05, 0) is 25.2 Å². The predicted octanol–water partition coefficient (Wildman–Crippen LogP) is 0.225. The van der Waals surface area contributed by atoms with E-state index in [2.05, 4.69) is 15.0 Å². The fourth-order valence-electron chi connectivity index (χ4n) is 4.09. The first kappa shape index (κ1) is 12.4. The Kier molecular flexibility index (Phi) is 3.54. The highest BCUT2D eigenvalue weighted by Gasteiger charge is 2.48. The van der Waals surface area contributed by atoms with Crippen molar-refractivity contribution < 1.29 is 10.3 Å². The van der Waals surface area contributed by atoms with Crippen LogP contribution in [0, 0.1) is 11.8 Å². The average Bonchev–Trinajstić information content (AvgIpc) is 3.00. The maximum atomic E-state index is 9.24. The molecular formula is C13H23N3O2. The molecule has 3 aliphatic rings. The average molecular weight is 253 g/mol. The van der Waals surface area contributed by atoms with Crippen LogP contribution in [0.25, 0.3) is 0 Å². The summed E-state index contributed by atoms with van der Waals surface area (Å²) >= 11 is 0. The highest BCUT2D eigenvalue weighted by atomic mass is 16.4. The number of fused-ring (bicyclic) bond motifs is 2. The Morgan fingerprint density at radius 1 is 1.17 bits per heavy atom. The van der Waals surface area contributed by atoms with Crippen LogP contribution in [0.15, 0.2) is 5.16 Å². The van der Waals surface area contributed by atoms with Crippen molar-refractivity contribution in [3.63, 3.8) is 0 Å². The summed E-state index contributed by atoms with van der Waals surface area (Å²) in [6.45, 7) is 5.14. The minimum absolute atomic E-state index is 0.247. The van der Waals surface area contributed by atoms with E-state index in [1.54, 1.807) is 0 Å². The summed E-state index contributed by atoms with van der Waals surface area (Å²) in [5.41, 5.74) is 1.04. The molecular weight excluding hydrogens is 230 g/mol. The number of aliphatic hydroxyl groups excluding tert-OH is 1. The second kappa shape index (κ2) is 5.15. The van der Waals surface area contributed by atoms with Crippen molar-refractivity contribution in [2.75, 3.05) is 39.3 Å². The molecule has 18 heavy (non-hydrogen) atoms. The quantitative estimate of drug-likeness (QED) is 0.558. The van der Waals surface area contributed by atoms with Crippen molar-refractivity contribution in [1.82, 2.24) is 9.80 Å². The first-order valence-electron chi connectivity index (χ1n) is 7.12. The van der Waals surface area contributed by atoms with Gasteiger partial charge in [0.1, 0.15) is 0 Å². The normalized spacial score (nSPS) is 39.8. The van der Waals surface area contributed by atoms with Gasteiger partial charge in [-0.15, -0.1) is 0 Å². The molecule has 2 aliphatic carbocycles. The zero-order chi connectivity index (χ0) is 12.5. The van der Waals surface area contributed by atoms with Gasteiger partial charge in [0.05, 0.1) is 18.4 Å². The third kappa shape index (κ3) is 2.04. The van der Waals surface area contributed by atoms with E-state index < -0.39 is 0 Å². The van der Waals surface area contributed by atoms with Crippen LogP contribution < -0.4 is 0 Å². The summed E-state index contributed by atoms with van der Waals surface area (Å²) in [6.07, 6.45) is 3.73. The van der Waals surface area contributed by atoms with Crippen molar-refractivity contribution in [2.24, 2.45) is 17.0 Å². The lowest BCUT2D eigenvalue weighted by Crippen LogP contribution is -2.54. The molecule has 2 N–H and O–H groups in total. The van der Waals surface area contributed by atoms with Crippen molar-refractivity contribution in [2.45, 2.75) is 25.3 Å². The van der Waals surface area contributed by atoms with Crippen molar-refractivity contribution in [1.29, 1.82) is 0 Å². The molecule has 0 amide bonds. The monoisotopic (exact) mass is 253 g/mol. The van der Waals surface area contributed by atoms with Gasteiger partial charge in [-0.25, -0.2) is 0 Å². The molecule has 3 rings (SSSR count). The van der Waals surface area contributed by atoms with E-state index in [1.807, 2.05) is 0 Å². The summed E-state index contributed by atoms with van der Waals surface area (Å²) in [4.78, 5) is 4.80. The van der Waals surface area contributed by atoms with Gasteiger partial charge < -0.3 is 10.3 Å². The molecule has 3 atom stereocenters. The summed E-state index contributed by atoms with van der Waals surface area (Å²) in [7, 11) is 0. The molecule has 0 aromatic carbocycles. The van der Waals surface area contributed by atoms with Gasteiger partial charge >= 0.3 is 0 Å². The Labute approximate surface area is 108 Å². The van der Waals surface area contributed by atoms with Gasteiger partial charge in [0.2, 0.25) is 0 Å². The zero-order valence-corrected chi connectivity index (χ0v) is 10.8. The van der Waals surface area contributed by atoms with E-state index in [0.29, 0.717) is 17.9 Å². The van der Waals surface area contributed by atoms with Gasteiger partial charge in [-0.2, -0.15) is 0 Å². The Morgan fingerprint density at radius 3 is 2.61 bits per heavy atom. The molecule has 102 valence electrons. The van der Waals surface area contributed by atoms with Crippen LogP contribution in [-0.4, -0.2) is 71.2 Å². The summed E-state index contributed by atoms with van der Waals surface area (Å²) in [5, 5.41) is 21.8. The summed E-state index contributed by atoms with van der Waals surface area (Å²) in [6, 6.07) is 0.394. The van der Waals surface area contributed by atoms with E-state index in [-0.39, 0.29) is 6.61 Å². The molecule has 0 spiro atoms. The lowest BCUT2D eigenvalue weighted by Gasteiger charge is -2.40. The number of oxime groups is 1. The second-order valence-electron chi connectivity index (χ2n) is 5.84. The van der Waals surface area contributed by atoms with E-state index in [4.69, 9.17) is 5.11 Å². The molecule has 0 aromatic rings. The lowest BCUT2D eigenvalue weighted by atomic mass is 9.91. The van der Waals surface area contributed by atoms with E-state index in [1.165, 1.54) is 19.3 Å². The largest absolute Gasteiger partial charge is 0.411 e. The third-order valence-electron chi connectivity index (χ3n) is 4.97. The van der Waals surface area contributed by atoms with Crippen LogP contribution in [0.5, 0.6) is 0 Å². The van der Waals surface area contributed by atoms with Crippen molar-refractivity contribution in [3.05, 3.63) is 0 Å². The number of rotatable bonds is 3. The van der Waals surface area contributed by atoms with Crippen LogP contribution in [-0.2, 0) is 0 Å². The van der Waals surface area contributed by atoms with Crippen molar-refractivity contribution >= 4 is 5.71 Å².